The van der Waals surface area contributed by atoms with Gasteiger partial charge in [-0.3, -0.25) is 9.59 Å². The van der Waals surface area contributed by atoms with Crippen LogP contribution in [-0.2, 0) is 9.59 Å². The van der Waals surface area contributed by atoms with E-state index in [0.717, 1.165) is 6.21 Å². The lowest BCUT2D eigenvalue weighted by Gasteiger charge is -2.09. The highest BCUT2D eigenvalue weighted by Crippen LogP contribution is 1.97. The average molecular weight is 183 g/mol. The van der Waals surface area contributed by atoms with Gasteiger partial charge in [-0.05, 0) is 20.4 Å². The van der Waals surface area contributed by atoms with Gasteiger partial charge in [0.2, 0.25) is 5.78 Å². The summed E-state index contributed by atoms with van der Waals surface area (Å²) in [5.74, 6) is -0.291. The summed E-state index contributed by atoms with van der Waals surface area (Å²) in [7, 11) is 1.66. The topological polar surface area (TPSA) is 82.6 Å². The second kappa shape index (κ2) is 6.22. The maximum atomic E-state index is 10.9. The van der Waals surface area contributed by atoms with Crippen molar-refractivity contribution in [1.82, 2.24) is 5.32 Å². The lowest BCUT2D eigenvalue weighted by Crippen LogP contribution is -2.32. The Morgan fingerprint density at radius 2 is 2.23 bits per heavy atom. The van der Waals surface area contributed by atoms with Crippen molar-refractivity contribution >= 4 is 17.8 Å². The minimum Gasteiger partial charge on any atom is -0.361 e. The molecule has 1 atom stereocenters. The molecule has 0 rings (SSSR count). The zero-order valence-electron chi connectivity index (χ0n) is 7.78. The van der Waals surface area contributed by atoms with Crippen molar-refractivity contribution in [3.8, 4) is 0 Å². The molecule has 13 heavy (non-hydrogen) atoms. The molecule has 0 radical (unpaired) electrons. The lowest BCUT2D eigenvalue weighted by atomic mass is 10.1. The number of nitrogens with one attached hydrogen (secondary N) is 1. The van der Waals surface area contributed by atoms with Crippen LogP contribution in [0, 0.1) is 0 Å². The number of ketones is 2. The molecule has 0 aromatic carbocycles. The Labute approximate surface area is 76.7 Å². The van der Waals surface area contributed by atoms with Crippen molar-refractivity contribution in [2.24, 2.45) is 0 Å². The first-order chi connectivity index (χ1) is 6.11. The van der Waals surface area contributed by atoms with Crippen molar-refractivity contribution < 1.29 is 14.4 Å². The van der Waals surface area contributed by atoms with Crippen molar-refractivity contribution in [3.05, 3.63) is 5.53 Å². The van der Waals surface area contributed by atoms with Crippen molar-refractivity contribution in [1.29, 1.82) is 0 Å². The molecule has 0 bridgehead atoms. The second-order valence-electron chi connectivity index (χ2n) is 2.70. The standard InChI is InChI=1S/C8H13N3O2/c1-6(12)8(10-2)4-3-7(13)5-11-9/h5,8,10H,3-4H2,1-2H3/t8-/m0/s1. The summed E-state index contributed by atoms with van der Waals surface area (Å²) in [5.41, 5.74) is 8.03. The molecule has 0 aliphatic heterocycles. The fraction of sp³-hybridized carbons (Fsp3) is 0.625. The van der Waals surface area contributed by atoms with E-state index in [1.165, 1.54) is 6.92 Å². The maximum absolute atomic E-state index is 10.9. The van der Waals surface area contributed by atoms with Gasteiger partial charge in [0.15, 0.2) is 0 Å². The third-order valence-corrected chi connectivity index (χ3v) is 1.72. The minimum atomic E-state index is -0.295. The predicted molar refractivity (Wildman–Crippen MR) is 47.5 cm³/mol. The average Bonchev–Trinajstić information content (AvgIpc) is 2.05. The van der Waals surface area contributed by atoms with Gasteiger partial charge >= 0.3 is 6.21 Å². The van der Waals surface area contributed by atoms with E-state index in [9.17, 15) is 9.59 Å². The minimum absolute atomic E-state index is 0.00348. The van der Waals surface area contributed by atoms with E-state index in [0.29, 0.717) is 6.42 Å². The molecule has 1 N–H and O–H groups in total. The van der Waals surface area contributed by atoms with E-state index in [1.54, 1.807) is 7.05 Å². The summed E-state index contributed by atoms with van der Waals surface area (Å²) in [4.78, 5) is 24.3. The van der Waals surface area contributed by atoms with Gasteiger partial charge in [-0.1, -0.05) is 0 Å². The molecule has 0 aromatic rings. The van der Waals surface area contributed by atoms with Crippen LogP contribution in [0.5, 0.6) is 0 Å². The Morgan fingerprint density at radius 3 is 2.62 bits per heavy atom. The van der Waals surface area contributed by atoms with Crippen LogP contribution in [-0.4, -0.2) is 35.7 Å². The fourth-order valence-corrected chi connectivity index (χ4v) is 0.966. The molecule has 5 heteroatoms. The summed E-state index contributed by atoms with van der Waals surface area (Å²) in [5, 5.41) is 2.79. The predicted octanol–water partition coefficient (Wildman–Crippen LogP) is -0.187. The second-order valence-corrected chi connectivity index (χ2v) is 2.70. The van der Waals surface area contributed by atoms with Crippen molar-refractivity contribution in [2.45, 2.75) is 25.8 Å². The van der Waals surface area contributed by atoms with Gasteiger partial charge in [0.1, 0.15) is 5.78 Å². The number of likely N-dealkylation sites (N-methyl/N-ethyl adjacent to an activating group) is 1. The van der Waals surface area contributed by atoms with E-state index in [4.69, 9.17) is 5.53 Å². The molecule has 0 aliphatic carbocycles. The number of nitrogens with zero attached hydrogens (tertiary/aromatic N) is 2. The number of hydrogen-bond donors (Lipinski definition) is 1. The Hall–Kier alpha value is -1.32. The maximum Gasteiger partial charge on any atom is 0.323 e. The molecular weight excluding hydrogens is 170 g/mol. The molecule has 0 heterocycles. The van der Waals surface area contributed by atoms with Gasteiger partial charge in [-0.2, -0.15) is 4.79 Å². The van der Waals surface area contributed by atoms with Gasteiger partial charge in [-0.15, -0.1) is 0 Å². The largest absolute Gasteiger partial charge is 0.361 e. The van der Waals surface area contributed by atoms with Crippen molar-refractivity contribution in [2.75, 3.05) is 7.05 Å². The molecule has 0 saturated carbocycles. The normalized spacial score (nSPS) is 11.5. The third kappa shape index (κ3) is 5.00. The van der Waals surface area contributed by atoms with Crippen LogP contribution in [0.3, 0.4) is 0 Å². The van der Waals surface area contributed by atoms with Crippen LogP contribution in [0.1, 0.15) is 19.8 Å². The number of Topliss-reactive ketones (excluding diaryl/α,β-unsaturated/α-hetero) is 2. The summed E-state index contributed by atoms with van der Waals surface area (Å²) in [6.07, 6.45) is 1.47. The molecule has 0 fully saturated rings. The van der Waals surface area contributed by atoms with E-state index < -0.39 is 0 Å². The van der Waals surface area contributed by atoms with Crippen LogP contribution in [0.15, 0.2) is 0 Å². The number of hydrogen-bond acceptors (Lipinski definition) is 3. The highest BCUT2D eigenvalue weighted by Gasteiger charge is 2.13. The summed E-state index contributed by atoms with van der Waals surface area (Å²) >= 11 is 0. The van der Waals surface area contributed by atoms with Crippen LogP contribution in [0.2, 0.25) is 0 Å². The SMILES string of the molecule is CN[C@@H](CCC(=O)C=[N+]=[N-])C(C)=O. The van der Waals surface area contributed by atoms with E-state index in [2.05, 4.69) is 10.1 Å². The van der Waals surface area contributed by atoms with Crippen LogP contribution in [0.25, 0.3) is 5.53 Å². The zero-order chi connectivity index (χ0) is 10.3. The number of carbonyl (C=O) groups is 2. The zero-order valence-corrected chi connectivity index (χ0v) is 7.78. The highest BCUT2D eigenvalue weighted by molar-refractivity contribution is 6.25. The third-order valence-electron chi connectivity index (χ3n) is 1.72. The first-order valence-electron chi connectivity index (χ1n) is 3.99. The molecule has 5 nitrogen and oxygen atoms in total. The smallest absolute Gasteiger partial charge is 0.323 e. The highest BCUT2D eigenvalue weighted by atomic mass is 16.1. The molecule has 0 saturated heterocycles. The van der Waals surface area contributed by atoms with Gasteiger partial charge in [-0.25, -0.2) is 0 Å². The quantitative estimate of drug-likeness (QED) is 0.352. The Balaban J connectivity index is 3.92. The van der Waals surface area contributed by atoms with E-state index in [1.807, 2.05) is 0 Å². The first kappa shape index (κ1) is 11.7. The molecule has 0 aromatic heterocycles. The molecule has 0 amide bonds. The molecule has 72 valence electrons. The fourth-order valence-electron chi connectivity index (χ4n) is 0.966. The molecular formula is C8H13N3O2. The first-order valence-corrected chi connectivity index (χ1v) is 3.99. The molecule has 0 aliphatic rings. The summed E-state index contributed by atoms with van der Waals surface area (Å²) in [6.45, 7) is 1.46. The Morgan fingerprint density at radius 1 is 1.62 bits per heavy atom. The van der Waals surface area contributed by atoms with Crippen LogP contribution >= 0.6 is 0 Å². The van der Waals surface area contributed by atoms with E-state index in [-0.39, 0.29) is 24.0 Å². The van der Waals surface area contributed by atoms with Gasteiger partial charge in [0, 0.05) is 6.42 Å². The van der Waals surface area contributed by atoms with Crippen molar-refractivity contribution in [3.63, 3.8) is 0 Å². The molecule has 0 unspecified atom stereocenters. The lowest BCUT2D eigenvalue weighted by molar-refractivity contribution is -0.119. The number of carbonyl (C=O) groups excluding carboxylic acids is 2. The van der Waals surface area contributed by atoms with E-state index >= 15 is 0 Å². The van der Waals surface area contributed by atoms with Crippen LogP contribution < -0.4 is 5.32 Å². The van der Waals surface area contributed by atoms with Gasteiger partial charge in [0.25, 0.3) is 0 Å². The van der Waals surface area contributed by atoms with Crippen LogP contribution in [0.4, 0.5) is 0 Å². The van der Waals surface area contributed by atoms with Gasteiger partial charge in [0.05, 0.1) is 6.04 Å². The number of rotatable bonds is 6. The molecule has 0 spiro atoms. The summed E-state index contributed by atoms with van der Waals surface area (Å²) in [6, 6.07) is -0.295. The summed E-state index contributed by atoms with van der Waals surface area (Å²) < 4.78 is 0. The Bertz CT molecular complexity index is 244. The van der Waals surface area contributed by atoms with Gasteiger partial charge < -0.3 is 10.8 Å². The monoisotopic (exact) mass is 183 g/mol. The Kier molecular flexibility index (Phi) is 5.59.